The van der Waals surface area contributed by atoms with Gasteiger partial charge in [-0.05, 0) is 25.3 Å². The van der Waals surface area contributed by atoms with E-state index in [1.807, 2.05) is 12.1 Å². The maximum absolute atomic E-state index is 9.64. The summed E-state index contributed by atoms with van der Waals surface area (Å²) in [5.74, 6) is 0.604. The first kappa shape index (κ1) is 10.2. The van der Waals surface area contributed by atoms with Crippen LogP contribution in [0.4, 0.5) is 5.69 Å². The second kappa shape index (κ2) is 4.49. The van der Waals surface area contributed by atoms with Crippen LogP contribution in [0.2, 0.25) is 0 Å². The quantitative estimate of drug-likeness (QED) is 0.788. The average molecular weight is 208 g/mol. The van der Waals surface area contributed by atoms with Gasteiger partial charge < -0.3 is 15.2 Å². The molecule has 1 aromatic rings. The molecule has 2 rings (SSSR count). The Morgan fingerprint density at radius 3 is 2.87 bits per heavy atom. The summed E-state index contributed by atoms with van der Waals surface area (Å²) in [6, 6.07) is 3.89. The molecule has 0 aliphatic heterocycles. The molecule has 2 N–H and O–H groups in total. The number of hydrogen-bond donors (Lipinski definition) is 2. The Morgan fingerprint density at radius 2 is 2.33 bits per heavy atom. The number of ether oxygens (including phenoxy) is 1. The smallest absolute Gasteiger partial charge is 0.213 e. The number of aliphatic hydroxyl groups excluding tert-OH is 1. The van der Waals surface area contributed by atoms with Crippen LogP contribution in [0, 0.1) is 0 Å². The van der Waals surface area contributed by atoms with Crippen molar-refractivity contribution in [2.45, 2.75) is 31.4 Å². The van der Waals surface area contributed by atoms with E-state index in [2.05, 4.69) is 10.3 Å². The van der Waals surface area contributed by atoms with E-state index in [1.54, 1.807) is 13.3 Å². The van der Waals surface area contributed by atoms with Crippen LogP contribution >= 0.6 is 0 Å². The lowest BCUT2D eigenvalue weighted by Crippen LogP contribution is -2.27. The highest BCUT2D eigenvalue weighted by Crippen LogP contribution is 2.23. The highest BCUT2D eigenvalue weighted by molar-refractivity contribution is 5.43. The van der Waals surface area contributed by atoms with E-state index in [4.69, 9.17) is 4.74 Å². The molecule has 0 unspecified atom stereocenters. The van der Waals surface area contributed by atoms with Crippen molar-refractivity contribution in [1.82, 2.24) is 4.98 Å². The Morgan fingerprint density at radius 1 is 1.47 bits per heavy atom. The SMILES string of the molecule is COc1ccc(N[C@@H]2CCC[C@H]2O)cn1. The third kappa shape index (κ3) is 2.39. The second-order valence-electron chi connectivity index (χ2n) is 3.84. The van der Waals surface area contributed by atoms with Gasteiger partial charge in [-0.3, -0.25) is 0 Å². The summed E-state index contributed by atoms with van der Waals surface area (Å²) in [4.78, 5) is 4.10. The number of methoxy groups -OCH3 is 1. The average Bonchev–Trinajstić information content (AvgIpc) is 2.66. The number of nitrogens with one attached hydrogen (secondary N) is 1. The summed E-state index contributed by atoms with van der Waals surface area (Å²) in [6.45, 7) is 0. The van der Waals surface area contributed by atoms with Crippen LogP contribution in [0.1, 0.15) is 19.3 Å². The number of pyridine rings is 1. The minimum absolute atomic E-state index is 0.167. The van der Waals surface area contributed by atoms with Gasteiger partial charge in [0, 0.05) is 6.07 Å². The van der Waals surface area contributed by atoms with Gasteiger partial charge in [0.1, 0.15) is 0 Å². The molecule has 1 aliphatic rings. The van der Waals surface area contributed by atoms with Gasteiger partial charge in [0.25, 0.3) is 0 Å². The van der Waals surface area contributed by atoms with Gasteiger partial charge >= 0.3 is 0 Å². The molecule has 1 fully saturated rings. The molecule has 0 spiro atoms. The lowest BCUT2D eigenvalue weighted by molar-refractivity contribution is 0.172. The normalized spacial score (nSPS) is 25.2. The zero-order chi connectivity index (χ0) is 10.7. The van der Waals surface area contributed by atoms with Crippen LogP contribution in [-0.4, -0.2) is 29.3 Å². The zero-order valence-electron chi connectivity index (χ0n) is 8.81. The van der Waals surface area contributed by atoms with Crippen LogP contribution < -0.4 is 10.1 Å². The summed E-state index contributed by atoms with van der Waals surface area (Å²) in [6.07, 6.45) is 4.49. The Balaban J connectivity index is 1.98. The first-order valence-corrected chi connectivity index (χ1v) is 5.24. The van der Waals surface area contributed by atoms with Crippen molar-refractivity contribution in [3.63, 3.8) is 0 Å². The highest BCUT2D eigenvalue weighted by Gasteiger charge is 2.24. The number of rotatable bonds is 3. The van der Waals surface area contributed by atoms with Gasteiger partial charge in [0.15, 0.2) is 0 Å². The fourth-order valence-corrected chi connectivity index (χ4v) is 1.91. The minimum Gasteiger partial charge on any atom is -0.481 e. The predicted molar refractivity (Wildman–Crippen MR) is 58.1 cm³/mol. The van der Waals surface area contributed by atoms with Crippen LogP contribution in [-0.2, 0) is 0 Å². The van der Waals surface area contributed by atoms with Gasteiger partial charge in [-0.15, -0.1) is 0 Å². The molecule has 1 saturated carbocycles. The summed E-state index contributed by atoms with van der Waals surface area (Å²) >= 11 is 0. The third-order valence-corrected chi connectivity index (χ3v) is 2.78. The first-order valence-electron chi connectivity index (χ1n) is 5.24. The van der Waals surface area contributed by atoms with Crippen LogP contribution in [0.15, 0.2) is 18.3 Å². The monoisotopic (exact) mass is 208 g/mol. The standard InChI is InChI=1S/C11H16N2O2/c1-15-11-6-5-8(7-12-11)13-9-3-2-4-10(9)14/h5-7,9-10,13-14H,2-4H2,1H3/t9-,10-/m1/s1. The molecule has 1 heterocycles. The molecule has 4 nitrogen and oxygen atoms in total. The van der Waals surface area contributed by atoms with E-state index in [9.17, 15) is 5.11 Å². The van der Waals surface area contributed by atoms with Crippen molar-refractivity contribution in [3.05, 3.63) is 18.3 Å². The maximum atomic E-state index is 9.64. The molecule has 15 heavy (non-hydrogen) atoms. The molecule has 0 amide bonds. The number of aliphatic hydroxyl groups is 1. The van der Waals surface area contributed by atoms with E-state index in [0.29, 0.717) is 5.88 Å². The lowest BCUT2D eigenvalue weighted by atomic mass is 10.2. The Bertz CT molecular complexity index is 313. The number of anilines is 1. The first-order chi connectivity index (χ1) is 7.29. The maximum Gasteiger partial charge on any atom is 0.213 e. The summed E-state index contributed by atoms with van der Waals surface area (Å²) in [7, 11) is 1.59. The van der Waals surface area contributed by atoms with Gasteiger partial charge in [-0.2, -0.15) is 0 Å². The highest BCUT2D eigenvalue weighted by atomic mass is 16.5. The summed E-state index contributed by atoms with van der Waals surface area (Å²) in [5, 5.41) is 12.9. The second-order valence-corrected chi connectivity index (χ2v) is 3.84. The van der Waals surface area contributed by atoms with E-state index in [-0.39, 0.29) is 12.1 Å². The molecule has 1 aromatic heterocycles. The van der Waals surface area contributed by atoms with Crippen molar-refractivity contribution in [3.8, 4) is 5.88 Å². The van der Waals surface area contributed by atoms with Crippen molar-refractivity contribution < 1.29 is 9.84 Å². The Kier molecular flexibility index (Phi) is 3.06. The largest absolute Gasteiger partial charge is 0.481 e. The number of hydrogen-bond acceptors (Lipinski definition) is 4. The zero-order valence-corrected chi connectivity index (χ0v) is 8.81. The van der Waals surface area contributed by atoms with Gasteiger partial charge in [0.2, 0.25) is 5.88 Å². The van der Waals surface area contributed by atoms with Crippen LogP contribution in [0.3, 0.4) is 0 Å². The lowest BCUT2D eigenvalue weighted by Gasteiger charge is -2.17. The van der Waals surface area contributed by atoms with Crippen molar-refractivity contribution in [2.24, 2.45) is 0 Å². The number of nitrogens with zero attached hydrogens (tertiary/aromatic N) is 1. The fraction of sp³-hybridized carbons (Fsp3) is 0.545. The van der Waals surface area contributed by atoms with Crippen molar-refractivity contribution >= 4 is 5.69 Å². The summed E-state index contributed by atoms with van der Waals surface area (Å²) in [5.41, 5.74) is 0.932. The molecule has 1 aliphatic carbocycles. The van der Waals surface area contributed by atoms with Crippen molar-refractivity contribution in [2.75, 3.05) is 12.4 Å². The molecule has 4 heteroatoms. The molecule has 0 bridgehead atoms. The molecule has 82 valence electrons. The van der Waals surface area contributed by atoms with E-state index in [1.165, 1.54) is 0 Å². The summed E-state index contributed by atoms with van der Waals surface area (Å²) < 4.78 is 4.97. The van der Waals surface area contributed by atoms with E-state index < -0.39 is 0 Å². The molecule has 0 aromatic carbocycles. The Labute approximate surface area is 89.3 Å². The van der Waals surface area contributed by atoms with Gasteiger partial charge in [-0.25, -0.2) is 4.98 Å². The van der Waals surface area contributed by atoms with Crippen molar-refractivity contribution in [1.29, 1.82) is 0 Å². The number of aromatic nitrogens is 1. The van der Waals surface area contributed by atoms with Crippen LogP contribution in [0.5, 0.6) is 5.88 Å². The predicted octanol–water partition coefficient (Wildman–Crippen LogP) is 1.42. The molecule has 0 radical (unpaired) electrons. The van der Waals surface area contributed by atoms with E-state index >= 15 is 0 Å². The molecular weight excluding hydrogens is 192 g/mol. The third-order valence-electron chi connectivity index (χ3n) is 2.78. The van der Waals surface area contributed by atoms with E-state index in [0.717, 1.165) is 24.9 Å². The molecule has 2 atom stereocenters. The van der Waals surface area contributed by atoms with Gasteiger partial charge in [-0.1, -0.05) is 0 Å². The topological polar surface area (TPSA) is 54.4 Å². The van der Waals surface area contributed by atoms with Crippen LogP contribution in [0.25, 0.3) is 0 Å². The van der Waals surface area contributed by atoms with Gasteiger partial charge in [0.05, 0.1) is 31.1 Å². The minimum atomic E-state index is -0.230. The molecular formula is C11H16N2O2. The Hall–Kier alpha value is -1.29. The molecule has 0 saturated heterocycles. The fourth-order valence-electron chi connectivity index (χ4n) is 1.91.